The van der Waals surface area contributed by atoms with Crippen molar-refractivity contribution in [2.24, 2.45) is 0 Å². The monoisotopic (exact) mass is 359 g/mol. The summed E-state index contributed by atoms with van der Waals surface area (Å²) in [5, 5.41) is 3.06. The van der Waals surface area contributed by atoms with Crippen molar-refractivity contribution in [2.45, 2.75) is 51.7 Å². The van der Waals surface area contributed by atoms with Crippen LogP contribution in [0.5, 0.6) is 5.75 Å². The van der Waals surface area contributed by atoms with Gasteiger partial charge >= 0.3 is 0 Å². The molecule has 1 aromatic carbocycles. The molecule has 5 nitrogen and oxygen atoms in total. The highest BCUT2D eigenvalue weighted by molar-refractivity contribution is 5.51. The molecule has 2 fully saturated rings. The summed E-state index contributed by atoms with van der Waals surface area (Å²) in [4.78, 5) is 15.5. The zero-order chi connectivity index (χ0) is 18.7. The van der Waals surface area contributed by atoms with Crippen molar-refractivity contribution in [3.05, 3.63) is 28.8 Å². The summed E-state index contributed by atoms with van der Waals surface area (Å²) in [5.41, 5.74) is 4.03. The normalized spacial score (nSPS) is 24.2. The Morgan fingerprint density at radius 2 is 2.08 bits per heavy atom. The molecule has 0 spiro atoms. The molecule has 2 unspecified atom stereocenters. The highest BCUT2D eigenvalue weighted by atomic mass is 16.5. The summed E-state index contributed by atoms with van der Waals surface area (Å²) in [5.74, 6) is 0.983. The molecule has 2 saturated heterocycles. The first kappa shape index (κ1) is 19.3. The standard InChI is InChI=1S/C21H33N3O2/c1-15-16(2)21(26-11-5-8-22-9-10-25)7-6-20(15)17(3)24-14-18-12-19(24)13-23(18)4/h6-7,10,17-19,22H,5,8-9,11-14H2,1-4H3/t17-,18?,19?/m0/s1. The maximum Gasteiger partial charge on any atom is 0.133 e. The average Bonchev–Trinajstić information content (AvgIpc) is 3.20. The highest BCUT2D eigenvalue weighted by Crippen LogP contribution is 2.38. The zero-order valence-corrected chi connectivity index (χ0v) is 16.6. The maximum atomic E-state index is 10.3. The molecule has 3 rings (SSSR count). The first-order chi connectivity index (χ1) is 12.5. The number of likely N-dealkylation sites (N-methyl/N-ethyl adjacent to an activating group) is 1. The number of nitrogens with zero attached hydrogens (tertiary/aromatic N) is 2. The van der Waals surface area contributed by atoms with Crippen LogP contribution in [0.25, 0.3) is 0 Å². The second-order valence-electron chi connectivity index (χ2n) is 7.83. The number of hydrogen-bond donors (Lipinski definition) is 1. The first-order valence-electron chi connectivity index (χ1n) is 9.86. The van der Waals surface area contributed by atoms with Crippen LogP contribution >= 0.6 is 0 Å². The van der Waals surface area contributed by atoms with Crippen LogP contribution in [0.2, 0.25) is 0 Å². The van der Waals surface area contributed by atoms with E-state index < -0.39 is 0 Å². The number of likely N-dealkylation sites (tertiary alicyclic amines) is 2. The lowest BCUT2D eigenvalue weighted by Crippen LogP contribution is -2.45. The Morgan fingerprint density at radius 3 is 2.73 bits per heavy atom. The topological polar surface area (TPSA) is 44.8 Å². The molecule has 2 bridgehead atoms. The van der Waals surface area contributed by atoms with E-state index in [1.165, 1.54) is 36.2 Å². The molecule has 1 N–H and O–H groups in total. The molecule has 0 aliphatic carbocycles. The number of ether oxygens (including phenoxy) is 1. The predicted molar refractivity (Wildman–Crippen MR) is 105 cm³/mol. The molecule has 1 aromatic rings. The predicted octanol–water partition coefficient (Wildman–Crippen LogP) is 2.31. The molecule has 26 heavy (non-hydrogen) atoms. The van der Waals surface area contributed by atoms with Crippen LogP contribution in [-0.4, -0.2) is 68.0 Å². The first-order valence-corrected chi connectivity index (χ1v) is 9.86. The Balaban J connectivity index is 1.59. The zero-order valence-electron chi connectivity index (χ0n) is 16.6. The van der Waals surface area contributed by atoms with Gasteiger partial charge in [-0.25, -0.2) is 0 Å². The van der Waals surface area contributed by atoms with E-state index in [9.17, 15) is 4.79 Å². The number of benzene rings is 1. The second-order valence-corrected chi connectivity index (χ2v) is 7.83. The van der Waals surface area contributed by atoms with E-state index >= 15 is 0 Å². The van der Waals surface area contributed by atoms with Crippen LogP contribution < -0.4 is 10.1 Å². The van der Waals surface area contributed by atoms with Crippen molar-refractivity contribution in [3.63, 3.8) is 0 Å². The van der Waals surface area contributed by atoms with Crippen molar-refractivity contribution in [2.75, 3.05) is 39.8 Å². The minimum absolute atomic E-state index is 0.416. The summed E-state index contributed by atoms with van der Waals surface area (Å²) in [6.07, 6.45) is 3.10. The van der Waals surface area contributed by atoms with Gasteiger partial charge in [-0.3, -0.25) is 4.90 Å². The van der Waals surface area contributed by atoms with Gasteiger partial charge in [-0.05, 0) is 70.0 Å². The number of hydrogen-bond acceptors (Lipinski definition) is 5. The van der Waals surface area contributed by atoms with Crippen LogP contribution in [-0.2, 0) is 4.79 Å². The smallest absolute Gasteiger partial charge is 0.133 e. The van der Waals surface area contributed by atoms with Crippen LogP contribution in [0.4, 0.5) is 0 Å². The minimum Gasteiger partial charge on any atom is -0.493 e. The molecule has 0 amide bonds. The van der Waals surface area contributed by atoms with E-state index in [4.69, 9.17) is 4.74 Å². The lowest BCUT2D eigenvalue weighted by Gasteiger charge is -2.37. The molecule has 0 radical (unpaired) electrons. The van der Waals surface area contributed by atoms with Gasteiger partial charge in [0.15, 0.2) is 0 Å². The Hall–Kier alpha value is -1.43. The largest absolute Gasteiger partial charge is 0.493 e. The van der Waals surface area contributed by atoms with Gasteiger partial charge in [0.1, 0.15) is 12.0 Å². The average molecular weight is 360 g/mol. The van der Waals surface area contributed by atoms with Crippen LogP contribution in [0.3, 0.4) is 0 Å². The van der Waals surface area contributed by atoms with E-state index in [2.05, 4.69) is 55.1 Å². The SMILES string of the molecule is Cc1c(OCCCNCC=O)ccc([C@H](C)N2CC3CC2CN3C)c1C. The van der Waals surface area contributed by atoms with E-state index in [-0.39, 0.29) is 0 Å². The van der Waals surface area contributed by atoms with Gasteiger partial charge in [-0.1, -0.05) is 6.07 Å². The summed E-state index contributed by atoms with van der Waals surface area (Å²) >= 11 is 0. The fourth-order valence-corrected chi connectivity index (χ4v) is 4.52. The van der Waals surface area contributed by atoms with Crippen LogP contribution in [0.1, 0.15) is 42.5 Å². The fraction of sp³-hybridized carbons (Fsp3) is 0.667. The van der Waals surface area contributed by atoms with Gasteiger partial charge < -0.3 is 19.7 Å². The van der Waals surface area contributed by atoms with E-state index in [0.717, 1.165) is 31.0 Å². The molecule has 5 heteroatoms. The summed E-state index contributed by atoms with van der Waals surface area (Å²) in [7, 11) is 2.25. The molecule has 144 valence electrons. The number of piperazine rings is 1. The third-order valence-electron chi connectivity index (χ3n) is 6.27. The molecule has 3 atom stereocenters. The van der Waals surface area contributed by atoms with Gasteiger partial charge in [0, 0.05) is 31.2 Å². The molecule has 0 saturated carbocycles. The lowest BCUT2D eigenvalue weighted by molar-refractivity contribution is -0.107. The Kier molecular flexibility index (Phi) is 6.33. The van der Waals surface area contributed by atoms with Crippen molar-refractivity contribution in [3.8, 4) is 5.75 Å². The van der Waals surface area contributed by atoms with Crippen molar-refractivity contribution in [1.29, 1.82) is 0 Å². The third-order valence-corrected chi connectivity index (χ3v) is 6.27. The summed E-state index contributed by atoms with van der Waals surface area (Å²) < 4.78 is 5.97. The summed E-state index contributed by atoms with van der Waals surface area (Å²) in [6, 6.07) is 6.28. The Bertz CT molecular complexity index is 632. The van der Waals surface area contributed by atoms with Crippen LogP contribution in [0, 0.1) is 13.8 Å². The number of fused-ring (bicyclic) bond motifs is 2. The maximum absolute atomic E-state index is 10.3. The third kappa shape index (κ3) is 3.95. The second kappa shape index (κ2) is 8.51. The van der Waals surface area contributed by atoms with Gasteiger partial charge in [0.25, 0.3) is 0 Å². The fourth-order valence-electron chi connectivity index (χ4n) is 4.52. The van der Waals surface area contributed by atoms with Crippen LogP contribution in [0.15, 0.2) is 12.1 Å². The number of nitrogens with one attached hydrogen (secondary N) is 1. The van der Waals surface area contributed by atoms with E-state index in [0.29, 0.717) is 25.2 Å². The minimum atomic E-state index is 0.416. The Morgan fingerprint density at radius 1 is 1.27 bits per heavy atom. The summed E-state index contributed by atoms with van der Waals surface area (Å²) in [6.45, 7) is 11.0. The van der Waals surface area contributed by atoms with Crippen molar-refractivity contribution < 1.29 is 9.53 Å². The van der Waals surface area contributed by atoms with E-state index in [1.54, 1.807) is 0 Å². The van der Waals surface area contributed by atoms with Gasteiger partial charge in [0.2, 0.25) is 0 Å². The molecule has 2 aliphatic rings. The van der Waals surface area contributed by atoms with Gasteiger partial charge in [-0.2, -0.15) is 0 Å². The number of rotatable bonds is 9. The molecule has 0 aromatic heterocycles. The molecule has 2 aliphatic heterocycles. The lowest BCUT2D eigenvalue weighted by atomic mass is 9.96. The molecular weight excluding hydrogens is 326 g/mol. The molecule has 2 heterocycles. The van der Waals surface area contributed by atoms with Crippen molar-refractivity contribution >= 4 is 6.29 Å². The quantitative estimate of drug-likeness (QED) is 0.541. The van der Waals surface area contributed by atoms with Gasteiger partial charge in [-0.15, -0.1) is 0 Å². The highest BCUT2D eigenvalue weighted by Gasteiger charge is 2.43. The number of carbonyl (C=O) groups is 1. The van der Waals surface area contributed by atoms with E-state index in [1.807, 2.05) is 0 Å². The van der Waals surface area contributed by atoms with Gasteiger partial charge in [0.05, 0.1) is 13.2 Å². The number of aldehydes is 1. The molecular formula is C21H33N3O2. The Labute approximate surface area is 157 Å². The van der Waals surface area contributed by atoms with Crippen molar-refractivity contribution in [1.82, 2.24) is 15.1 Å². The number of carbonyl (C=O) groups excluding carboxylic acids is 1.